The summed E-state index contributed by atoms with van der Waals surface area (Å²) in [5.41, 5.74) is 2.76. The molecule has 3 aromatic rings. The van der Waals surface area contributed by atoms with Crippen LogP contribution in [0.1, 0.15) is 28.7 Å². The number of carbonyl (C=O) groups is 1. The number of hydrogen-bond donors (Lipinski definition) is 0. The Hall–Kier alpha value is -2.75. The molecule has 4 nitrogen and oxygen atoms in total. The predicted octanol–water partition coefficient (Wildman–Crippen LogP) is 3.46. The van der Waals surface area contributed by atoms with Gasteiger partial charge in [0.05, 0.1) is 11.4 Å². The molecule has 0 spiro atoms. The van der Waals surface area contributed by atoms with Gasteiger partial charge in [-0.25, -0.2) is 4.68 Å². The monoisotopic (exact) mass is 277 g/mol. The highest BCUT2D eigenvalue weighted by Crippen LogP contribution is 2.22. The first kappa shape index (κ1) is 13.2. The molecule has 0 saturated heterocycles. The highest BCUT2D eigenvalue weighted by atomic mass is 16.1. The minimum atomic E-state index is -0.0925. The Morgan fingerprint density at radius 2 is 1.86 bits per heavy atom. The van der Waals surface area contributed by atoms with Gasteiger partial charge in [0.25, 0.3) is 0 Å². The zero-order valence-electron chi connectivity index (χ0n) is 12.0. The zero-order valence-corrected chi connectivity index (χ0v) is 12.0. The maximum absolute atomic E-state index is 11.5. The van der Waals surface area contributed by atoms with Crippen LogP contribution in [0.2, 0.25) is 0 Å². The summed E-state index contributed by atoms with van der Waals surface area (Å²) in [6.07, 6.45) is 0. The number of fused-ring (bicyclic) bond motifs is 1. The Morgan fingerprint density at radius 1 is 1.14 bits per heavy atom. The van der Waals surface area contributed by atoms with Crippen molar-refractivity contribution in [3.05, 3.63) is 66.0 Å². The lowest BCUT2D eigenvalue weighted by Crippen LogP contribution is -2.03. The molecule has 104 valence electrons. The summed E-state index contributed by atoms with van der Waals surface area (Å²) in [4.78, 5) is 11.5. The first-order valence-electron chi connectivity index (χ1n) is 6.69. The number of carbonyl (C=O) groups excluding carboxylic acids is 1. The van der Waals surface area contributed by atoms with E-state index in [0.717, 1.165) is 10.9 Å². The molecule has 0 radical (unpaired) electrons. The molecule has 21 heavy (non-hydrogen) atoms. The van der Waals surface area contributed by atoms with Crippen molar-refractivity contribution in [1.29, 1.82) is 0 Å². The first-order valence-corrected chi connectivity index (χ1v) is 6.69. The van der Waals surface area contributed by atoms with Crippen LogP contribution in [0.5, 0.6) is 0 Å². The number of ketones is 1. The third kappa shape index (κ3) is 2.25. The van der Waals surface area contributed by atoms with E-state index in [0.29, 0.717) is 17.1 Å². The Kier molecular flexibility index (Phi) is 3.14. The van der Waals surface area contributed by atoms with Crippen molar-refractivity contribution in [2.75, 3.05) is 0 Å². The molecule has 0 unspecified atom stereocenters. The fourth-order valence-electron chi connectivity index (χ4n) is 2.40. The van der Waals surface area contributed by atoms with Crippen LogP contribution < -0.4 is 0 Å². The average Bonchev–Trinajstić information content (AvgIpc) is 2.88. The second-order valence-electron chi connectivity index (χ2n) is 5.00. The van der Waals surface area contributed by atoms with Crippen molar-refractivity contribution in [2.24, 2.45) is 0 Å². The van der Waals surface area contributed by atoms with E-state index in [1.54, 1.807) is 4.68 Å². The van der Waals surface area contributed by atoms with E-state index in [4.69, 9.17) is 0 Å². The van der Waals surface area contributed by atoms with E-state index in [2.05, 4.69) is 35.1 Å². The molecule has 1 heterocycles. The quantitative estimate of drug-likeness (QED) is 0.689. The summed E-state index contributed by atoms with van der Waals surface area (Å²) in [5, 5.41) is 10.3. The number of nitrogens with zero attached hydrogens (tertiary/aromatic N) is 3. The van der Waals surface area contributed by atoms with E-state index in [1.165, 1.54) is 12.3 Å². The van der Waals surface area contributed by atoms with Gasteiger partial charge in [0.15, 0.2) is 11.5 Å². The maximum Gasteiger partial charge on any atom is 0.181 e. The molecule has 0 aliphatic carbocycles. The summed E-state index contributed by atoms with van der Waals surface area (Å²) in [6, 6.07) is 14.2. The van der Waals surface area contributed by atoms with Crippen LogP contribution in [-0.2, 0) is 0 Å². The average molecular weight is 277 g/mol. The molecule has 0 bridgehead atoms. The molecule has 0 saturated carbocycles. The van der Waals surface area contributed by atoms with Crippen molar-refractivity contribution in [3.63, 3.8) is 0 Å². The molecule has 0 N–H and O–H groups in total. The Balaban J connectivity index is 2.06. The normalized spacial score (nSPS) is 10.8. The van der Waals surface area contributed by atoms with Crippen LogP contribution in [0.4, 0.5) is 0 Å². The highest BCUT2D eigenvalue weighted by molar-refractivity contribution is 5.93. The van der Waals surface area contributed by atoms with E-state index in [9.17, 15) is 4.79 Å². The van der Waals surface area contributed by atoms with E-state index in [1.807, 2.05) is 31.2 Å². The van der Waals surface area contributed by atoms with Gasteiger partial charge in [-0.3, -0.25) is 4.79 Å². The van der Waals surface area contributed by atoms with Gasteiger partial charge in [0.2, 0.25) is 0 Å². The van der Waals surface area contributed by atoms with Crippen molar-refractivity contribution >= 4 is 22.3 Å². The molecule has 0 amide bonds. The second-order valence-corrected chi connectivity index (χ2v) is 5.00. The molecular weight excluding hydrogens is 262 g/mol. The Labute approximate surface area is 122 Å². The SMILES string of the molecule is C=C(c1ccc2ccccc2c1)n1nnc(C(C)=O)c1C. The third-order valence-corrected chi connectivity index (χ3v) is 3.57. The highest BCUT2D eigenvalue weighted by Gasteiger charge is 2.15. The van der Waals surface area contributed by atoms with Crippen molar-refractivity contribution in [1.82, 2.24) is 15.0 Å². The Bertz CT molecular complexity index is 861. The lowest BCUT2D eigenvalue weighted by Gasteiger charge is -2.08. The zero-order chi connectivity index (χ0) is 15.0. The standard InChI is InChI=1S/C17H15N3O/c1-11(20-12(2)17(13(3)21)18-19-20)15-9-8-14-6-4-5-7-16(14)10-15/h4-10H,1H2,2-3H3. The van der Waals surface area contributed by atoms with Crippen LogP contribution >= 0.6 is 0 Å². The topological polar surface area (TPSA) is 47.8 Å². The number of Topliss-reactive ketones (excluding diaryl/α,β-unsaturated/α-hetero) is 1. The van der Waals surface area contributed by atoms with E-state index < -0.39 is 0 Å². The molecule has 0 aliphatic heterocycles. The van der Waals surface area contributed by atoms with Gasteiger partial charge in [-0.2, -0.15) is 0 Å². The second kappa shape index (κ2) is 4.98. The van der Waals surface area contributed by atoms with Gasteiger partial charge in [-0.05, 0) is 23.8 Å². The van der Waals surface area contributed by atoms with Gasteiger partial charge in [0, 0.05) is 12.5 Å². The summed E-state index contributed by atoms with van der Waals surface area (Å²) in [5.74, 6) is -0.0925. The number of aromatic nitrogens is 3. The molecule has 3 rings (SSSR count). The summed E-state index contributed by atoms with van der Waals surface area (Å²) in [7, 11) is 0. The number of benzene rings is 2. The largest absolute Gasteiger partial charge is 0.293 e. The Morgan fingerprint density at radius 3 is 2.52 bits per heavy atom. The van der Waals surface area contributed by atoms with Crippen LogP contribution in [0.25, 0.3) is 16.5 Å². The summed E-state index contributed by atoms with van der Waals surface area (Å²) >= 11 is 0. The first-order chi connectivity index (χ1) is 10.1. The minimum Gasteiger partial charge on any atom is -0.293 e. The molecule has 0 atom stereocenters. The smallest absolute Gasteiger partial charge is 0.181 e. The molecule has 2 aromatic carbocycles. The molecule has 0 aliphatic rings. The van der Waals surface area contributed by atoms with Crippen molar-refractivity contribution < 1.29 is 4.79 Å². The molecular formula is C17H15N3O. The van der Waals surface area contributed by atoms with Gasteiger partial charge in [0.1, 0.15) is 0 Å². The third-order valence-electron chi connectivity index (χ3n) is 3.57. The summed E-state index contributed by atoms with van der Waals surface area (Å²) < 4.78 is 1.61. The number of hydrogen-bond acceptors (Lipinski definition) is 3. The van der Waals surface area contributed by atoms with Crippen LogP contribution in [-0.4, -0.2) is 20.8 Å². The minimum absolute atomic E-state index is 0.0925. The van der Waals surface area contributed by atoms with Crippen molar-refractivity contribution in [2.45, 2.75) is 13.8 Å². The molecule has 1 aromatic heterocycles. The molecule has 4 heteroatoms. The van der Waals surface area contributed by atoms with E-state index in [-0.39, 0.29) is 5.78 Å². The number of rotatable bonds is 3. The van der Waals surface area contributed by atoms with Crippen LogP contribution in [0, 0.1) is 6.92 Å². The lowest BCUT2D eigenvalue weighted by atomic mass is 10.1. The lowest BCUT2D eigenvalue weighted by molar-refractivity contribution is 0.101. The van der Waals surface area contributed by atoms with Gasteiger partial charge >= 0.3 is 0 Å². The van der Waals surface area contributed by atoms with Gasteiger partial charge in [-0.1, -0.05) is 48.2 Å². The van der Waals surface area contributed by atoms with E-state index >= 15 is 0 Å². The summed E-state index contributed by atoms with van der Waals surface area (Å²) in [6.45, 7) is 7.39. The maximum atomic E-state index is 11.5. The fraction of sp³-hybridized carbons (Fsp3) is 0.118. The van der Waals surface area contributed by atoms with Crippen LogP contribution in [0.15, 0.2) is 49.0 Å². The van der Waals surface area contributed by atoms with Crippen LogP contribution in [0.3, 0.4) is 0 Å². The van der Waals surface area contributed by atoms with Gasteiger partial charge < -0.3 is 0 Å². The predicted molar refractivity (Wildman–Crippen MR) is 83.1 cm³/mol. The molecule has 0 fully saturated rings. The van der Waals surface area contributed by atoms with Gasteiger partial charge in [-0.15, -0.1) is 5.10 Å². The fourth-order valence-corrected chi connectivity index (χ4v) is 2.40. The van der Waals surface area contributed by atoms with Crippen molar-refractivity contribution in [3.8, 4) is 0 Å².